The van der Waals surface area contributed by atoms with Gasteiger partial charge in [0.1, 0.15) is 12.6 Å². The van der Waals surface area contributed by atoms with E-state index in [4.69, 9.17) is 14.6 Å². The van der Waals surface area contributed by atoms with Crippen molar-refractivity contribution in [2.75, 3.05) is 13.2 Å². The fraction of sp³-hybridized carbons (Fsp3) is 0.500. The molecule has 0 spiro atoms. The Hall–Kier alpha value is -2.08. The molecule has 1 aromatic rings. The van der Waals surface area contributed by atoms with Crippen LogP contribution >= 0.6 is 0 Å². The summed E-state index contributed by atoms with van der Waals surface area (Å²) in [5.41, 5.74) is 0.866. The third-order valence-electron chi connectivity index (χ3n) is 2.98. The molecular weight excluding hydrogens is 286 g/mol. The van der Waals surface area contributed by atoms with E-state index in [1.54, 1.807) is 6.92 Å². The minimum atomic E-state index is -0.755. The molecule has 1 atom stereocenters. The van der Waals surface area contributed by atoms with Crippen molar-refractivity contribution in [2.45, 2.75) is 38.8 Å². The quantitative estimate of drug-likeness (QED) is 0.538. The lowest BCUT2D eigenvalue weighted by atomic mass is 10.1. The fourth-order valence-electron chi connectivity index (χ4n) is 1.86. The summed E-state index contributed by atoms with van der Waals surface area (Å²) in [5.74, 6) is -0.489. The smallest absolute Gasteiger partial charge is 0.408 e. The molecule has 22 heavy (non-hydrogen) atoms. The number of carbonyl (C=O) groups is 2. The summed E-state index contributed by atoms with van der Waals surface area (Å²) in [6.07, 6.45) is 0.918. The molecular formula is C16H23NO5. The summed E-state index contributed by atoms with van der Waals surface area (Å²) in [7, 11) is 0. The van der Waals surface area contributed by atoms with E-state index < -0.39 is 18.1 Å². The van der Waals surface area contributed by atoms with E-state index in [9.17, 15) is 9.59 Å². The van der Waals surface area contributed by atoms with Crippen LogP contribution in [-0.4, -0.2) is 36.4 Å². The minimum Gasteiger partial charge on any atom is -0.464 e. The summed E-state index contributed by atoms with van der Waals surface area (Å²) in [6, 6.07) is 8.52. The zero-order chi connectivity index (χ0) is 16.2. The first-order valence-corrected chi connectivity index (χ1v) is 7.42. The first kappa shape index (κ1) is 18.0. The van der Waals surface area contributed by atoms with Crippen molar-refractivity contribution in [1.82, 2.24) is 5.32 Å². The number of hydrogen-bond donors (Lipinski definition) is 2. The number of aliphatic hydroxyl groups is 1. The van der Waals surface area contributed by atoms with Gasteiger partial charge in [-0.05, 0) is 31.7 Å². The average Bonchev–Trinajstić information content (AvgIpc) is 2.53. The van der Waals surface area contributed by atoms with Gasteiger partial charge in [0.25, 0.3) is 0 Å². The van der Waals surface area contributed by atoms with Gasteiger partial charge in [0, 0.05) is 6.61 Å². The van der Waals surface area contributed by atoms with E-state index in [0.29, 0.717) is 19.3 Å². The predicted octanol–water partition coefficient (Wildman–Crippen LogP) is 2.01. The predicted molar refractivity (Wildman–Crippen MR) is 81.1 cm³/mol. The van der Waals surface area contributed by atoms with Crippen LogP contribution in [0.25, 0.3) is 0 Å². The van der Waals surface area contributed by atoms with Crippen LogP contribution in [0.1, 0.15) is 31.7 Å². The molecule has 0 unspecified atom stereocenters. The second-order valence-electron chi connectivity index (χ2n) is 4.73. The normalized spacial score (nSPS) is 11.5. The van der Waals surface area contributed by atoms with Gasteiger partial charge in [-0.1, -0.05) is 30.3 Å². The van der Waals surface area contributed by atoms with Crippen LogP contribution < -0.4 is 5.32 Å². The summed E-state index contributed by atoms with van der Waals surface area (Å²) >= 11 is 0. The van der Waals surface area contributed by atoms with Crippen molar-refractivity contribution < 1.29 is 24.2 Å². The number of rotatable bonds is 9. The molecule has 2 N–H and O–H groups in total. The Morgan fingerprint density at radius 3 is 2.55 bits per heavy atom. The van der Waals surface area contributed by atoms with Gasteiger partial charge in [0.05, 0.1) is 6.61 Å². The van der Waals surface area contributed by atoms with Gasteiger partial charge in [-0.2, -0.15) is 0 Å². The fourth-order valence-corrected chi connectivity index (χ4v) is 1.86. The van der Waals surface area contributed by atoms with Gasteiger partial charge >= 0.3 is 12.1 Å². The summed E-state index contributed by atoms with van der Waals surface area (Å²) in [6.45, 7) is 2.14. The molecule has 1 rings (SSSR count). The lowest BCUT2D eigenvalue weighted by Gasteiger charge is -2.17. The van der Waals surface area contributed by atoms with Crippen LogP contribution in [0.3, 0.4) is 0 Å². The number of nitrogens with one attached hydrogen (secondary N) is 1. The Kier molecular flexibility index (Phi) is 8.67. The van der Waals surface area contributed by atoms with Crippen LogP contribution in [-0.2, 0) is 20.9 Å². The van der Waals surface area contributed by atoms with Gasteiger partial charge in [0.2, 0.25) is 0 Å². The van der Waals surface area contributed by atoms with Gasteiger partial charge in [0.15, 0.2) is 0 Å². The lowest BCUT2D eigenvalue weighted by molar-refractivity contribution is -0.145. The number of hydrogen-bond acceptors (Lipinski definition) is 5. The van der Waals surface area contributed by atoms with E-state index in [-0.39, 0.29) is 19.8 Å². The second kappa shape index (κ2) is 10.6. The summed E-state index contributed by atoms with van der Waals surface area (Å²) in [5, 5.41) is 11.3. The topological polar surface area (TPSA) is 84.9 Å². The molecule has 0 saturated carbocycles. The number of benzene rings is 1. The van der Waals surface area contributed by atoms with E-state index in [2.05, 4.69) is 5.32 Å². The zero-order valence-electron chi connectivity index (χ0n) is 12.8. The molecule has 0 fully saturated rings. The number of aliphatic hydroxyl groups excluding tert-OH is 1. The number of esters is 1. The Morgan fingerprint density at radius 1 is 1.18 bits per heavy atom. The largest absolute Gasteiger partial charge is 0.464 e. The van der Waals surface area contributed by atoms with Crippen LogP contribution in [0.15, 0.2) is 30.3 Å². The standard InChI is InChI=1S/C16H23NO5/c1-2-21-15(19)14(10-6-7-11-18)17-16(20)22-12-13-8-4-3-5-9-13/h3-5,8-9,14,18H,2,6-7,10-12H2,1H3,(H,17,20)/t14-/m0/s1. The van der Waals surface area contributed by atoms with Gasteiger partial charge < -0.3 is 19.9 Å². The highest BCUT2D eigenvalue weighted by Gasteiger charge is 2.22. The number of unbranched alkanes of at least 4 members (excludes halogenated alkanes) is 1. The highest BCUT2D eigenvalue weighted by Crippen LogP contribution is 2.05. The Bertz CT molecular complexity index is 449. The van der Waals surface area contributed by atoms with Crippen molar-refractivity contribution >= 4 is 12.1 Å². The monoisotopic (exact) mass is 309 g/mol. The van der Waals surface area contributed by atoms with Gasteiger partial charge in [-0.3, -0.25) is 0 Å². The van der Waals surface area contributed by atoms with Gasteiger partial charge in [-0.15, -0.1) is 0 Å². The highest BCUT2D eigenvalue weighted by molar-refractivity contribution is 5.81. The number of amides is 1. The number of ether oxygens (including phenoxy) is 2. The molecule has 0 bridgehead atoms. The van der Waals surface area contributed by atoms with Crippen LogP contribution in [0, 0.1) is 0 Å². The Balaban J connectivity index is 2.45. The number of carbonyl (C=O) groups excluding carboxylic acids is 2. The van der Waals surface area contributed by atoms with Crippen molar-refractivity contribution in [1.29, 1.82) is 0 Å². The SMILES string of the molecule is CCOC(=O)[C@H](CCCCO)NC(=O)OCc1ccccc1. The molecule has 6 nitrogen and oxygen atoms in total. The molecule has 0 heterocycles. The zero-order valence-corrected chi connectivity index (χ0v) is 12.8. The summed E-state index contributed by atoms with van der Waals surface area (Å²) < 4.78 is 10.0. The Morgan fingerprint density at radius 2 is 1.91 bits per heavy atom. The Labute approximate surface area is 130 Å². The van der Waals surface area contributed by atoms with E-state index in [1.165, 1.54) is 0 Å². The molecule has 122 valence electrons. The van der Waals surface area contributed by atoms with Crippen molar-refractivity contribution in [2.24, 2.45) is 0 Å². The molecule has 0 aliphatic carbocycles. The molecule has 0 aliphatic heterocycles. The molecule has 6 heteroatoms. The van der Waals surface area contributed by atoms with Crippen LogP contribution in [0.5, 0.6) is 0 Å². The van der Waals surface area contributed by atoms with E-state index >= 15 is 0 Å². The van der Waals surface area contributed by atoms with E-state index in [0.717, 1.165) is 5.56 Å². The first-order chi connectivity index (χ1) is 10.7. The van der Waals surface area contributed by atoms with E-state index in [1.807, 2.05) is 30.3 Å². The molecule has 0 saturated heterocycles. The molecule has 0 aromatic heterocycles. The van der Waals surface area contributed by atoms with Crippen LogP contribution in [0.4, 0.5) is 4.79 Å². The van der Waals surface area contributed by atoms with Crippen molar-refractivity contribution in [3.05, 3.63) is 35.9 Å². The lowest BCUT2D eigenvalue weighted by Crippen LogP contribution is -2.42. The minimum absolute atomic E-state index is 0.0496. The molecule has 0 radical (unpaired) electrons. The number of alkyl carbamates (subject to hydrolysis) is 1. The second-order valence-corrected chi connectivity index (χ2v) is 4.73. The highest BCUT2D eigenvalue weighted by atomic mass is 16.6. The molecule has 1 aromatic carbocycles. The third-order valence-corrected chi connectivity index (χ3v) is 2.98. The maximum Gasteiger partial charge on any atom is 0.408 e. The maximum absolute atomic E-state index is 11.8. The first-order valence-electron chi connectivity index (χ1n) is 7.42. The van der Waals surface area contributed by atoms with Gasteiger partial charge in [-0.25, -0.2) is 9.59 Å². The average molecular weight is 309 g/mol. The van der Waals surface area contributed by atoms with Crippen molar-refractivity contribution in [3.63, 3.8) is 0 Å². The molecule has 1 amide bonds. The molecule has 0 aliphatic rings. The third kappa shape index (κ3) is 7.08. The van der Waals surface area contributed by atoms with Crippen LogP contribution in [0.2, 0.25) is 0 Å². The maximum atomic E-state index is 11.8. The summed E-state index contributed by atoms with van der Waals surface area (Å²) in [4.78, 5) is 23.6. The van der Waals surface area contributed by atoms with Crippen molar-refractivity contribution in [3.8, 4) is 0 Å².